The minimum Gasteiger partial charge on any atom is -0.388 e. The molecule has 0 aliphatic heterocycles. The summed E-state index contributed by atoms with van der Waals surface area (Å²) in [4.78, 5) is 0. The summed E-state index contributed by atoms with van der Waals surface area (Å²) in [5, 5.41) is 20.3. The van der Waals surface area contributed by atoms with Gasteiger partial charge in [0, 0.05) is 0 Å². The van der Waals surface area contributed by atoms with E-state index in [1.807, 2.05) is 0 Å². The van der Waals surface area contributed by atoms with E-state index in [1.54, 1.807) is 5.57 Å². The third-order valence-electron chi connectivity index (χ3n) is 9.22. The van der Waals surface area contributed by atoms with Crippen molar-refractivity contribution in [3.05, 3.63) is 35.5 Å². The first kappa shape index (κ1) is 24.8. The van der Waals surface area contributed by atoms with E-state index in [2.05, 4.69) is 60.3 Å². The van der Waals surface area contributed by atoms with Gasteiger partial charge in [-0.25, -0.2) is 0 Å². The maximum atomic E-state index is 10.2. The molecule has 0 saturated heterocycles. The Labute approximate surface area is 191 Å². The molecule has 3 aliphatic carbocycles. The third-order valence-corrected chi connectivity index (χ3v) is 9.22. The molecular formula is C29H48O2. The second kappa shape index (κ2) is 9.56. The quantitative estimate of drug-likeness (QED) is 0.454. The van der Waals surface area contributed by atoms with Gasteiger partial charge in [-0.3, -0.25) is 0 Å². The largest absolute Gasteiger partial charge is 0.388 e. The fraction of sp³-hybridized carbons (Fsp3) is 0.793. The van der Waals surface area contributed by atoms with Crippen LogP contribution in [0.5, 0.6) is 0 Å². The summed E-state index contributed by atoms with van der Waals surface area (Å²) in [6, 6.07) is 0. The normalized spacial score (nSPS) is 37.6. The van der Waals surface area contributed by atoms with Gasteiger partial charge in [0.15, 0.2) is 0 Å². The molecule has 2 heteroatoms. The van der Waals surface area contributed by atoms with Crippen molar-refractivity contribution in [2.45, 2.75) is 112 Å². The maximum absolute atomic E-state index is 10.2. The molecule has 0 spiro atoms. The molecule has 0 amide bonds. The molecule has 3 aliphatic rings. The van der Waals surface area contributed by atoms with Crippen molar-refractivity contribution in [3.8, 4) is 0 Å². The Bertz CT molecular complexity index is 693. The SMILES string of the molecule is C=C1[C@H](O)CC(=C/C=C2\CCC[C@@]3(C)C2CC[C@@H]3[C@@H](C)[C@@H](C)CCC(C)(C)C)C[C@H]1O. The zero-order valence-electron chi connectivity index (χ0n) is 21.1. The molecule has 176 valence electrons. The highest BCUT2D eigenvalue weighted by molar-refractivity contribution is 5.29. The van der Waals surface area contributed by atoms with Crippen molar-refractivity contribution in [2.75, 3.05) is 0 Å². The van der Waals surface area contributed by atoms with E-state index < -0.39 is 12.2 Å². The molecule has 0 bridgehead atoms. The molecule has 0 aromatic carbocycles. The second-order valence-electron chi connectivity index (χ2n) is 12.6. The van der Waals surface area contributed by atoms with Crippen LogP contribution in [-0.4, -0.2) is 22.4 Å². The van der Waals surface area contributed by atoms with Gasteiger partial charge in [-0.15, -0.1) is 0 Å². The molecule has 3 saturated carbocycles. The van der Waals surface area contributed by atoms with Crippen LogP contribution < -0.4 is 0 Å². The zero-order chi connectivity index (χ0) is 23.0. The summed E-state index contributed by atoms with van der Waals surface area (Å²) < 4.78 is 0. The van der Waals surface area contributed by atoms with Gasteiger partial charge in [0.1, 0.15) is 0 Å². The molecule has 0 aromatic heterocycles. The highest BCUT2D eigenvalue weighted by atomic mass is 16.3. The van der Waals surface area contributed by atoms with Crippen LogP contribution in [0.25, 0.3) is 0 Å². The van der Waals surface area contributed by atoms with Gasteiger partial charge < -0.3 is 10.2 Å². The zero-order valence-corrected chi connectivity index (χ0v) is 21.1. The number of allylic oxidation sites excluding steroid dienone is 3. The molecule has 7 atom stereocenters. The van der Waals surface area contributed by atoms with Gasteiger partial charge in [0.25, 0.3) is 0 Å². The van der Waals surface area contributed by atoms with Gasteiger partial charge in [-0.05, 0) is 97.9 Å². The summed E-state index contributed by atoms with van der Waals surface area (Å²) >= 11 is 0. The van der Waals surface area contributed by atoms with Crippen molar-refractivity contribution >= 4 is 0 Å². The first-order chi connectivity index (χ1) is 14.4. The second-order valence-corrected chi connectivity index (χ2v) is 12.6. The van der Waals surface area contributed by atoms with Gasteiger partial charge >= 0.3 is 0 Å². The number of fused-ring (bicyclic) bond motifs is 1. The Morgan fingerprint density at radius 2 is 1.74 bits per heavy atom. The Balaban J connectivity index is 1.71. The summed E-state index contributed by atoms with van der Waals surface area (Å²) in [5.74, 6) is 3.10. The Morgan fingerprint density at radius 3 is 2.35 bits per heavy atom. The number of hydrogen-bond donors (Lipinski definition) is 2. The van der Waals surface area contributed by atoms with Crippen LogP contribution >= 0.6 is 0 Å². The van der Waals surface area contributed by atoms with E-state index in [0.29, 0.717) is 35.2 Å². The fourth-order valence-electron chi connectivity index (χ4n) is 6.89. The average Bonchev–Trinajstić information content (AvgIpc) is 3.04. The minimum atomic E-state index is -0.601. The number of aliphatic hydroxyl groups is 2. The Hall–Kier alpha value is -0.860. The minimum absolute atomic E-state index is 0.428. The molecule has 0 aromatic rings. The van der Waals surface area contributed by atoms with Gasteiger partial charge in [0.2, 0.25) is 0 Å². The van der Waals surface area contributed by atoms with Crippen molar-refractivity contribution in [1.29, 1.82) is 0 Å². The lowest BCUT2D eigenvalue weighted by Gasteiger charge is -2.45. The van der Waals surface area contributed by atoms with Gasteiger partial charge in [-0.2, -0.15) is 0 Å². The van der Waals surface area contributed by atoms with Crippen LogP contribution in [0.4, 0.5) is 0 Å². The summed E-state index contributed by atoms with van der Waals surface area (Å²) in [6.45, 7) is 18.5. The van der Waals surface area contributed by atoms with Crippen molar-refractivity contribution in [2.24, 2.45) is 34.5 Å². The summed E-state index contributed by atoms with van der Waals surface area (Å²) in [5.41, 5.74) is 4.20. The van der Waals surface area contributed by atoms with E-state index in [1.165, 1.54) is 44.9 Å². The molecule has 31 heavy (non-hydrogen) atoms. The van der Waals surface area contributed by atoms with Gasteiger partial charge in [0.05, 0.1) is 12.2 Å². The van der Waals surface area contributed by atoms with Crippen molar-refractivity contribution in [1.82, 2.24) is 0 Å². The van der Waals surface area contributed by atoms with E-state index >= 15 is 0 Å². The first-order valence-electron chi connectivity index (χ1n) is 12.9. The third kappa shape index (κ3) is 5.56. The van der Waals surface area contributed by atoms with Crippen LogP contribution in [0.3, 0.4) is 0 Å². The van der Waals surface area contributed by atoms with E-state index in [4.69, 9.17) is 0 Å². The van der Waals surface area contributed by atoms with Crippen LogP contribution in [0.1, 0.15) is 99.3 Å². The number of hydrogen-bond acceptors (Lipinski definition) is 2. The smallest absolute Gasteiger partial charge is 0.0809 e. The maximum Gasteiger partial charge on any atom is 0.0809 e. The van der Waals surface area contributed by atoms with E-state index in [-0.39, 0.29) is 0 Å². The molecule has 0 heterocycles. The standard InChI is InChI=1S/C29H48O2/c1-19(14-16-28(4,5)6)20(2)24-12-13-25-23(9-8-15-29(24,25)7)11-10-22-17-26(30)21(3)27(31)18-22/h10-11,19-20,24-27,30-31H,3,8-9,12-18H2,1-2,4-7H3/b23-11+/t19-,20-,24+,25?,26+,27+,29+/m0/s1. The van der Waals surface area contributed by atoms with Crippen molar-refractivity contribution in [3.63, 3.8) is 0 Å². The van der Waals surface area contributed by atoms with E-state index in [9.17, 15) is 10.2 Å². The lowest BCUT2D eigenvalue weighted by atomic mass is 9.59. The Morgan fingerprint density at radius 1 is 1.10 bits per heavy atom. The molecule has 2 nitrogen and oxygen atoms in total. The Kier molecular flexibility index (Phi) is 7.64. The van der Waals surface area contributed by atoms with Crippen LogP contribution in [-0.2, 0) is 0 Å². The van der Waals surface area contributed by atoms with Gasteiger partial charge in [-0.1, -0.05) is 71.4 Å². The number of rotatable bonds is 5. The summed E-state index contributed by atoms with van der Waals surface area (Å²) in [6.07, 6.45) is 13.8. The number of aliphatic hydroxyl groups excluding tert-OH is 2. The molecule has 2 N–H and O–H groups in total. The molecule has 3 rings (SSSR count). The lowest BCUT2D eigenvalue weighted by Crippen LogP contribution is -2.37. The summed E-state index contributed by atoms with van der Waals surface area (Å²) in [7, 11) is 0. The predicted molar refractivity (Wildman–Crippen MR) is 132 cm³/mol. The average molecular weight is 429 g/mol. The highest BCUT2D eigenvalue weighted by Gasteiger charge is 2.51. The first-order valence-corrected chi connectivity index (χ1v) is 12.9. The fourth-order valence-corrected chi connectivity index (χ4v) is 6.89. The molecule has 3 fully saturated rings. The van der Waals surface area contributed by atoms with Crippen molar-refractivity contribution < 1.29 is 10.2 Å². The molecule has 1 unspecified atom stereocenters. The highest BCUT2D eigenvalue weighted by Crippen LogP contribution is 2.60. The molecule has 0 radical (unpaired) electrons. The van der Waals surface area contributed by atoms with Crippen LogP contribution in [0.15, 0.2) is 35.5 Å². The molecular weight excluding hydrogens is 380 g/mol. The monoisotopic (exact) mass is 428 g/mol. The lowest BCUT2D eigenvalue weighted by molar-refractivity contribution is 0.0714. The van der Waals surface area contributed by atoms with E-state index in [0.717, 1.165) is 23.3 Å². The van der Waals surface area contributed by atoms with Crippen LogP contribution in [0.2, 0.25) is 0 Å². The van der Waals surface area contributed by atoms with Crippen LogP contribution in [0, 0.1) is 34.5 Å². The predicted octanol–water partition coefficient (Wildman–Crippen LogP) is 7.23. The topological polar surface area (TPSA) is 40.5 Å².